The molecule has 0 unspecified atom stereocenters. The van der Waals surface area contributed by atoms with Crippen molar-refractivity contribution < 1.29 is 10.2 Å². The molecular formula is C9H9Cl2NO2. The zero-order chi connectivity index (χ0) is 10.5. The minimum atomic E-state index is -0.328. The molecule has 2 rings (SSSR count). The van der Waals surface area contributed by atoms with Gasteiger partial charge >= 0.3 is 0 Å². The summed E-state index contributed by atoms with van der Waals surface area (Å²) in [5.74, 6) is -0.656. The minimum absolute atomic E-state index is 0.200. The summed E-state index contributed by atoms with van der Waals surface area (Å²) < 4.78 is 0. The topological polar surface area (TPSA) is 43.7 Å². The molecule has 0 atom stereocenters. The van der Waals surface area contributed by atoms with Crippen LogP contribution in [0.15, 0.2) is 0 Å². The Morgan fingerprint density at radius 1 is 1.00 bits per heavy atom. The zero-order valence-corrected chi connectivity index (χ0v) is 9.02. The van der Waals surface area contributed by atoms with Gasteiger partial charge in [-0.2, -0.15) is 0 Å². The molecule has 1 heterocycles. The maximum atomic E-state index is 9.45. The third-order valence-corrected chi connectivity index (χ3v) is 3.20. The number of benzene rings is 1. The summed E-state index contributed by atoms with van der Waals surface area (Å²) >= 11 is 11.8. The lowest BCUT2D eigenvalue weighted by atomic mass is 10.1. The van der Waals surface area contributed by atoms with Crippen molar-refractivity contribution in [2.45, 2.75) is 13.1 Å². The highest BCUT2D eigenvalue weighted by Gasteiger charge is 2.27. The van der Waals surface area contributed by atoms with E-state index in [1.807, 2.05) is 11.9 Å². The maximum absolute atomic E-state index is 9.45. The highest BCUT2D eigenvalue weighted by atomic mass is 35.5. The Morgan fingerprint density at radius 2 is 1.36 bits per heavy atom. The van der Waals surface area contributed by atoms with Gasteiger partial charge in [0.2, 0.25) is 0 Å². The molecule has 1 aromatic carbocycles. The largest absolute Gasteiger partial charge is 0.503 e. The molecule has 0 saturated heterocycles. The van der Waals surface area contributed by atoms with Crippen molar-refractivity contribution in [3.8, 4) is 11.5 Å². The van der Waals surface area contributed by atoms with Crippen LogP contribution in [0.5, 0.6) is 11.5 Å². The van der Waals surface area contributed by atoms with Crippen molar-refractivity contribution in [1.82, 2.24) is 4.90 Å². The molecule has 1 aliphatic heterocycles. The second-order valence-electron chi connectivity index (χ2n) is 3.45. The molecule has 2 N–H and O–H groups in total. The van der Waals surface area contributed by atoms with Crippen molar-refractivity contribution >= 4 is 23.2 Å². The molecule has 0 amide bonds. The Kier molecular flexibility index (Phi) is 2.26. The smallest absolute Gasteiger partial charge is 0.178 e. The first-order chi connectivity index (χ1) is 6.52. The SMILES string of the molecule is CN1Cc2c(Cl)c(O)c(O)c(Cl)c2C1. The van der Waals surface area contributed by atoms with Gasteiger partial charge in [0.05, 0.1) is 10.0 Å². The van der Waals surface area contributed by atoms with Gasteiger partial charge in [-0.25, -0.2) is 0 Å². The van der Waals surface area contributed by atoms with E-state index in [-0.39, 0.29) is 21.5 Å². The Balaban J connectivity index is 2.70. The fraction of sp³-hybridized carbons (Fsp3) is 0.333. The number of halogens is 2. The lowest BCUT2D eigenvalue weighted by Crippen LogP contribution is -2.07. The second-order valence-corrected chi connectivity index (χ2v) is 4.21. The lowest BCUT2D eigenvalue weighted by Gasteiger charge is -2.08. The molecule has 1 aliphatic rings. The summed E-state index contributed by atoms with van der Waals surface area (Å²) in [5, 5.41) is 19.3. The highest BCUT2D eigenvalue weighted by molar-refractivity contribution is 6.36. The fourth-order valence-corrected chi connectivity index (χ4v) is 2.21. The number of fused-ring (bicyclic) bond motifs is 1. The third kappa shape index (κ3) is 1.24. The molecule has 1 aromatic rings. The number of phenols is 2. The third-order valence-electron chi connectivity index (χ3n) is 2.39. The normalized spacial score (nSPS) is 15.9. The van der Waals surface area contributed by atoms with E-state index in [2.05, 4.69) is 0 Å². The van der Waals surface area contributed by atoms with Crippen molar-refractivity contribution in [1.29, 1.82) is 0 Å². The van der Waals surface area contributed by atoms with Gasteiger partial charge in [-0.05, 0) is 18.2 Å². The van der Waals surface area contributed by atoms with E-state index in [0.717, 1.165) is 11.1 Å². The summed E-state index contributed by atoms with van der Waals surface area (Å²) in [6.45, 7) is 1.28. The summed E-state index contributed by atoms with van der Waals surface area (Å²) in [4.78, 5) is 2.00. The van der Waals surface area contributed by atoms with Gasteiger partial charge in [0.15, 0.2) is 11.5 Å². The van der Waals surface area contributed by atoms with Crippen molar-refractivity contribution in [2.24, 2.45) is 0 Å². The van der Waals surface area contributed by atoms with Crippen LogP contribution in [0.3, 0.4) is 0 Å². The molecular weight excluding hydrogens is 225 g/mol. The van der Waals surface area contributed by atoms with Crippen LogP contribution < -0.4 is 0 Å². The van der Waals surface area contributed by atoms with Gasteiger partial charge in [0, 0.05) is 13.1 Å². The van der Waals surface area contributed by atoms with Crippen LogP contribution in [0.2, 0.25) is 10.0 Å². The van der Waals surface area contributed by atoms with Gasteiger partial charge < -0.3 is 10.2 Å². The van der Waals surface area contributed by atoms with E-state index in [4.69, 9.17) is 23.2 Å². The first-order valence-corrected chi connectivity index (χ1v) is 4.87. The number of nitrogens with zero attached hydrogens (tertiary/aromatic N) is 1. The predicted octanol–water partition coefficient (Wildman–Crippen LogP) is 2.35. The Bertz CT molecular complexity index is 370. The van der Waals surface area contributed by atoms with Crippen LogP contribution in [-0.2, 0) is 13.1 Å². The van der Waals surface area contributed by atoms with E-state index in [1.54, 1.807) is 0 Å². The molecule has 3 nitrogen and oxygen atoms in total. The highest BCUT2D eigenvalue weighted by Crippen LogP contribution is 2.46. The fourth-order valence-electron chi connectivity index (χ4n) is 1.68. The molecule has 5 heteroatoms. The van der Waals surface area contributed by atoms with Crippen LogP contribution in [0, 0.1) is 0 Å². The summed E-state index contributed by atoms with van der Waals surface area (Å²) in [7, 11) is 1.92. The zero-order valence-electron chi connectivity index (χ0n) is 7.51. The number of aromatic hydroxyl groups is 2. The molecule has 76 valence electrons. The molecule has 0 radical (unpaired) electrons. The van der Waals surface area contributed by atoms with Crippen LogP contribution in [0.4, 0.5) is 0 Å². The molecule has 14 heavy (non-hydrogen) atoms. The van der Waals surface area contributed by atoms with Gasteiger partial charge in [-0.15, -0.1) is 0 Å². The van der Waals surface area contributed by atoms with Crippen LogP contribution in [0.1, 0.15) is 11.1 Å². The van der Waals surface area contributed by atoms with Gasteiger partial charge in [0.25, 0.3) is 0 Å². The Hall–Kier alpha value is -0.640. The number of rotatable bonds is 0. The van der Waals surface area contributed by atoms with Crippen molar-refractivity contribution in [3.05, 3.63) is 21.2 Å². The van der Waals surface area contributed by atoms with E-state index >= 15 is 0 Å². The van der Waals surface area contributed by atoms with Crippen LogP contribution >= 0.6 is 23.2 Å². The molecule has 0 bridgehead atoms. The number of hydrogen-bond acceptors (Lipinski definition) is 3. The lowest BCUT2D eigenvalue weighted by molar-refractivity contribution is 0.353. The van der Waals surface area contributed by atoms with E-state index in [1.165, 1.54) is 0 Å². The summed E-state index contributed by atoms with van der Waals surface area (Å²) in [6, 6.07) is 0. The number of hydrogen-bond donors (Lipinski definition) is 2. The van der Waals surface area contributed by atoms with Crippen molar-refractivity contribution in [2.75, 3.05) is 7.05 Å². The Labute approximate surface area is 91.5 Å². The van der Waals surface area contributed by atoms with Gasteiger partial charge in [0.1, 0.15) is 0 Å². The van der Waals surface area contributed by atoms with Gasteiger partial charge in [-0.1, -0.05) is 23.2 Å². The number of phenolic OH excluding ortho intramolecular Hbond substituents is 2. The predicted molar refractivity (Wildman–Crippen MR) is 55.0 cm³/mol. The summed E-state index contributed by atoms with van der Waals surface area (Å²) in [6.07, 6.45) is 0. The van der Waals surface area contributed by atoms with E-state index in [0.29, 0.717) is 13.1 Å². The molecule has 0 fully saturated rings. The standard InChI is InChI=1S/C9H9Cl2NO2/c1-12-2-4-5(3-12)7(11)9(14)8(13)6(4)10/h13-14H,2-3H2,1H3. The van der Waals surface area contributed by atoms with E-state index in [9.17, 15) is 10.2 Å². The monoisotopic (exact) mass is 233 g/mol. The first kappa shape index (κ1) is 9.90. The molecule has 0 aliphatic carbocycles. The molecule has 0 aromatic heterocycles. The Morgan fingerprint density at radius 3 is 1.71 bits per heavy atom. The van der Waals surface area contributed by atoms with Crippen LogP contribution in [-0.4, -0.2) is 22.2 Å². The van der Waals surface area contributed by atoms with Crippen molar-refractivity contribution in [3.63, 3.8) is 0 Å². The first-order valence-electron chi connectivity index (χ1n) is 4.11. The average molecular weight is 234 g/mol. The second kappa shape index (κ2) is 3.19. The van der Waals surface area contributed by atoms with Gasteiger partial charge in [-0.3, -0.25) is 4.90 Å². The minimum Gasteiger partial charge on any atom is -0.503 e. The van der Waals surface area contributed by atoms with E-state index < -0.39 is 0 Å². The average Bonchev–Trinajstić information content (AvgIpc) is 2.54. The molecule has 0 spiro atoms. The van der Waals surface area contributed by atoms with Crippen LogP contribution in [0.25, 0.3) is 0 Å². The quantitative estimate of drug-likeness (QED) is 0.677. The summed E-state index contributed by atoms with van der Waals surface area (Å²) in [5.41, 5.74) is 1.60. The maximum Gasteiger partial charge on any atom is 0.178 e. The molecule has 0 saturated carbocycles.